The molecule has 0 aliphatic heterocycles. The van der Waals surface area contributed by atoms with Crippen molar-refractivity contribution in [2.75, 3.05) is 40.0 Å². The second-order valence-electron chi connectivity index (χ2n) is 4.05. The molecule has 0 aromatic carbocycles. The molecule has 3 N–H and O–H groups in total. The summed E-state index contributed by atoms with van der Waals surface area (Å²) in [6, 6.07) is 0. The molecule has 17 heavy (non-hydrogen) atoms. The number of aliphatic imine (C=N–C) groups is 1. The Balaban J connectivity index is 0.00000256. The fourth-order valence-electron chi connectivity index (χ4n) is 1.45. The lowest BCUT2D eigenvalue weighted by Gasteiger charge is -2.23. The minimum absolute atomic E-state index is 0. The van der Waals surface area contributed by atoms with Crippen LogP contribution in [-0.2, 0) is 9.47 Å². The molecular weight excluding hydrogens is 333 g/mol. The van der Waals surface area contributed by atoms with Gasteiger partial charge in [-0.25, -0.2) is 0 Å². The number of nitrogens with two attached hydrogens (primary N) is 1. The van der Waals surface area contributed by atoms with Crippen molar-refractivity contribution in [1.29, 1.82) is 0 Å². The van der Waals surface area contributed by atoms with Crippen molar-refractivity contribution in [3.63, 3.8) is 0 Å². The number of rotatable bonds is 8. The lowest BCUT2D eigenvalue weighted by molar-refractivity contribution is 0.0733. The SMILES string of the molecule is COCCOCCNC(N)=NCC1CCC1.I. The molecule has 0 aromatic heterocycles. The Bertz CT molecular complexity index is 211. The summed E-state index contributed by atoms with van der Waals surface area (Å²) in [4.78, 5) is 4.28. The summed E-state index contributed by atoms with van der Waals surface area (Å²) in [5.74, 6) is 1.29. The first-order valence-electron chi connectivity index (χ1n) is 5.93. The van der Waals surface area contributed by atoms with Gasteiger partial charge >= 0.3 is 0 Å². The van der Waals surface area contributed by atoms with Gasteiger partial charge in [-0.1, -0.05) is 6.42 Å². The fraction of sp³-hybridized carbons (Fsp3) is 0.909. The summed E-state index contributed by atoms with van der Waals surface area (Å²) in [5.41, 5.74) is 5.70. The third-order valence-corrected chi connectivity index (χ3v) is 2.73. The standard InChI is InChI=1S/C11H23N3O2.HI/c1-15-7-8-16-6-5-13-11(12)14-9-10-3-2-4-10;/h10H,2-9H2,1H3,(H3,12,13,14);1H. The monoisotopic (exact) mass is 357 g/mol. The Kier molecular flexibility index (Phi) is 11.0. The maximum Gasteiger partial charge on any atom is 0.188 e. The van der Waals surface area contributed by atoms with Crippen molar-refractivity contribution in [3.8, 4) is 0 Å². The van der Waals surface area contributed by atoms with Crippen molar-refractivity contribution in [2.45, 2.75) is 19.3 Å². The summed E-state index contributed by atoms with van der Waals surface area (Å²) >= 11 is 0. The zero-order valence-electron chi connectivity index (χ0n) is 10.5. The van der Waals surface area contributed by atoms with Gasteiger partial charge in [0, 0.05) is 20.2 Å². The third kappa shape index (κ3) is 8.62. The molecule has 0 aromatic rings. The first-order chi connectivity index (χ1) is 7.83. The van der Waals surface area contributed by atoms with E-state index in [1.807, 2.05) is 0 Å². The van der Waals surface area contributed by atoms with E-state index in [1.165, 1.54) is 19.3 Å². The molecule has 0 atom stereocenters. The van der Waals surface area contributed by atoms with Gasteiger partial charge in [0.05, 0.1) is 19.8 Å². The number of ether oxygens (including phenoxy) is 2. The molecule has 6 heteroatoms. The molecule has 0 saturated heterocycles. The Labute approximate surface area is 121 Å². The first-order valence-corrected chi connectivity index (χ1v) is 5.93. The quantitative estimate of drug-likeness (QED) is 0.294. The lowest BCUT2D eigenvalue weighted by Crippen LogP contribution is -2.35. The highest BCUT2D eigenvalue weighted by Gasteiger charge is 2.16. The Morgan fingerprint density at radius 3 is 2.71 bits per heavy atom. The predicted molar refractivity (Wildman–Crippen MR) is 79.9 cm³/mol. The van der Waals surface area contributed by atoms with Gasteiger partial charge in [0.1, 0.15) is 0 Å². The molecule has 0 amide bonds. The van der Waals surface area contributed by atoms with Crippen molar-refractivity contribution in [1.82, 2.24) is 5.32 Å². The van der Waals surface area contributed by atoms with Crippen LogP contribution in [0.3, 0.4) is 0 Å². The van der Waals surface area contributed by atoms with Crippen LogP contribution in [0, 0.1) is 5.92 Å². The van der Waals surface area contributed by atoms with E-state index in [0.717, 1.165) is 12.5 Å². The predicted octanol–water partition coefficient (Wildman–Crippen LogP) is 0.972. The van der Waals surface area contributed by atoms with Crippen molar-refractivity contribution in [2.24, 2.45) is 16.6 Å². The average Bonchev–Trinajstić information content (AvgIpc) is 2.21. The van der Waals surface area contributed by atoms with Crippen LogP contribution in [0.2, 0.25) is 0 Å². The van der Waals surface area contributed by atoms with Crippen LogP contribution in [0.25, 0.3) is 0 Å². The topological polar surface area (TPSA) is 68.9 Å². The van der Waals surface area contributed by atoms with E-state index in [2.05, 4.69) is 10.3 Å². The lowest BCUT2D eigenvalue weighted by atomic mass is 9.86. The second kappa shape index (κ2) is 11.0. The normalized spacial score (nSPS) is 16.2. The van der Waals surface area contributed by atoms with E-state index in [9.17, 15) is 0 Å². The number of methoxy groups -OCH3 is 1. The number of guanidine groups is 1. The Hall–Kier alpha value is -0.0800. The Morgan fingerprint density at radius 1 is 1.35 bits per heavy atom. The molecule has 0 bridgehead atoms. The average molecular weight is 357 g/mol. The van der Waals surface area contributed by atoms with Crippen LogP contribution in [-0.4, -0.2) is 46.0 Å². The number of nitrogens with zero attached hydrogens (tertiary/aromatic N) is 1. The largest absolute Gasteiger partial charge is 0.382 e. The van der Waals surface area contributed by atoms with Crippen LogP contribution >= 0.6 is 24.0 Å². The molecule has 0 spiro atoms. The van der Waals surface area contributed by atoms with Gasteiger partial charge in [0.2, 0.25) is 0 Å². The number of halogens is 1. The van der Waals surface area contributed by atoms with E-state index in [-0.39, 0.29) is 24.0 Å². The molecule has 102 valence electrons. The van der Waals surface area contributed by atoms with E-state index in [0.29, 0.717) is 32.3 Å². The van der Waals surface area contributed by atoms with Crippen LogP contribution in [0.1, 0.15) is 19.3 Å². The summed E-state index contributed by atoms with van der Waals surface area (Å²) < 4.78 is 10.1. The smallest absolute Gasteiger partial charge is 0.188 e. The van der Waals surface area contributed by atoms with Crippen LogP contribution in [0.4, 0.5) is 0 Å². The van der Waals surface area contributed by atoms with Gasteiger partial charge in [-0.2, -0.15) is 0 Å². The molecule has 0 heterocycles. The molecular formula is C11H24IN3O2. The number of hydrogen-bond donors (Lipinski definition) is 2. The van der Waals surface area contributed by atoms with E-state index in [4.69, 9.17) is 15.2 Å². The molecule has 1 fully saturated rings. The minimum atomic E-state index is 0. The van der Waals surface area contributed by atoms with Gasteiger partial charge in [-0.05, 0) is 18.8 Å². The summed E-state index contributed by atoms with van der Waals surface area (Å²) in [7, 11) is 1.66. The summed E-state index contributed by atoms with van der Waals surface area (Å²) in [6.07, 6.45) is 3.95. The maximum atomic E-state index is 5.70. The molecule has 1 saturated carbocycles. The molecule has 0 unspecified atom stereocenters. The minimum Gasteiger partial charge on any atom is -0.382 e. The third-order valence-electron chi connectivity index (χ3n) is 2.73. The van der Waals surface area contributed by atoms with Crippen molar-refractivity contribution < 1.29 is 9.47 Å². The molecule has 1 aliphatic rings. The summed E-state index contributed by atoms with van der Waals surface area (Å²) in [6.45, 7) is 3.44. The van der Waals surface area contributed by atoms with E-state index < -0.39 is 0 Å². The highest BCUT2D eigenvalue weighted by molar-refractivity contribution is 14.0. The van der Waals surface area contributed by atoms with Gasteiger partial charge in [-0.15, -0.1) is 24.0 Å². The first kappa shape index (κ1) is 16.9. The molecule has 1 aliphatic carbocycles. The summed E-state index contributed by atoms with van der Waals surface area (Å²) in [5, 5.41) is 3.03. The molecule has 0 radical (unpaired) electrons. The number of hydrogen-bond acceptors (Lipinski definition) is 3. The van der Waals surface area contributed by atoms with E-state index in [1.54, 1.807) is 7.11 Å². The van der Waals surface area contributed by atoms with Gasteiger partial charge in [0.25, 0.3) is 0 Å². The van der Waals surface area contributed by atoms with Crippen LogP contribution < -0.4 is 11.1 Å². The van der Waals surface area contributed by atoms with Crippen molar-refractivity contribution in [3.05, 3.63) is 0 Å². The van der Waals surface area contributed by atoms with E-state index >= 15 is 0 Å². The van der Waals surface area contributed by atoms with Crippen LogP contribution in [0.5, 0.6) is 0 Å². The van der Waals surface area contributed by atoms with Crippen LogP contribution in [0.15, 0.2) is 4.99 Å². The van der Waals surface area contributed by atoms with Gasteiger partial charge < -0.3 is 20.5 Å². The zero-order valence-corrected chi connectivity index (χ0v) is 12.8. The fourth-order valence-corrected chi connectivity index (χ4v) is 1.45. The van der Waals surface area contributed by atoms with Crippen molar-refractivity contribution >= 4 is 29.9 Å². The van der Waals surface area contributed by atoms with Gasteiger partial charge in [0.15, 0.2) is 5.96 Å². The highest BCUT2D eigenvalue weighted by atomic mass is 127. The maximum absolute atomic E-state index is 5.70. The second-order valence-corrected chi connectivity index (χ2v) is 4.05. The molecule has 5 nitrogen and oxygen atoms in total. The molecule has 1 rings (SSSR count). The Morgan fingerprint density at radius 2 is 2.12 bits per heavy atom. The highest BCUT2D eigenvalue weighted by Crippen LogP contribution is 2.26. The van der Waals surface area contributed by atoms with Gasteiger partial charge in [-0.3, -0.25) is 4.99 Å². The zero-order chi connectivity index (χ0) is 11.6. The number of nitrogens with one attached hydrogen (secondary N) is 1.